The first-order valence-corrected chi connectivity index (χ1v) is 5.79. The van der Waals surface area contributed by atoms with E-state index in [1.54, 1.807) is 12.1 Å². The summed E-state index contributed by atoms with van der Waals surface area (Å²) in [6, 6.07) is 7.11. The van der Waals surface area contributed by atoms with Crippen LogP contribution in [-0.4, -0.2) is 32.1 Å². The molecule has 88 valence electrons. The Morgan fingerprint density at radius 2 is 2.12 bits per heavy atom. The molecule has 2 rings (SSSR count). The summed E-state index contributed by atoms with van der Waals surface area (Å²) in [6.07, 6.45) is 2.12. The van der Waals surface area contributed by atoms with Gasteiger partial charge >= 0.3 is 0 Å². The van der Waals surface area contributed by atoms with Gasteiger partial charge in [-0.1, -0.05) is 18.2 Å². The van der Waals surface area contributed by atoms with Gasteiger partial charge in [0.25, 0.3) is 0 Å². The van der Waals surface area contributed by atoms with E-state index in [0.29, 0.717) is 0 Å². The minimum Gasteiger partial charge on any atom is -0.307 e. The van der Waals surface area contributed by atoms with Crippen LogP contribution in [-0.2, 0) is 5.54 Å². The number of nitrogens with zero attached hydrogens (tertiary/aromatic N) is 1. The Hall–Kier alpha value is -0.930. The summed E-state index contributed by atoms with van der Waals surface area (Å²) in [5.41, 5.74) is 0.607. The zero-order chi connectivity index (χ0) is 11.6. The second-order valence-electron chi connectivity index (χ2n) is 4.83. The van der Waals surface area contributed by atoms with Gasteiger partial charge in [-0.15, -0.1) is 0 Å². The summed E-state index contributed by atoms with van der Waals surface area (Å²) in [4.78, 5) is 2.12. The molecule has 0 aliphatic carbocycles. The maximum Gasteiger partial charge on any atom is 0.128 e. The van der Waals surface area contributed by atoms with Gasteiger partial charge in [0.2, 0.25) is 0 Å². The highest BCUT2D eigenvalue weighted by Gasteiger charge is 2.37. The molecule has 16 heavy (non-hydrogen) atoms. The topological polar surface area (TPSA) is 15.3 Å². The van der Waals surface area contributed by atoms with Gasteiger partial charge in [-0.3, -0.25) is 0 Å². The molecular formula is C13H19FN2. The second-order valence-corrected chi connectivity index (χ2v) is 4.83. The van der Waals surface area contributed by atoms with Crippen LogP contribution >= 0.6 is 0 Å². The Bertz CT molecular complexity index is 357. The number of likely N-dealkylation sites (N-methyl/N-ethyl adjacent to an activating group) is 1. The third kappa shape index (κ3) is 2.11. The van der Waals surface area contributed by atoms with E-state index in [2.05, 4.69) is 10.2 Å². The molecule has 0 bridgehead atoms. The number of hydrogen-bond acceptors (Lipinski definition) is 2. The lowest BCUT2D eigenvalue weighted by molar-refractivity contribution is 0.253. The Morgan fingerprint density at radius 3 is 2.69 bits per heavy atom. The van der Waals surface area contributed by atoms with Crippen LogP contribution in [0.4, 0.5) is 4.39 Å². The smallest absolute Gasteiger partial charge is 0.128 e. The molecule has 0 aromatic heterocycles. The van der Waals surface area contributed by atoms with Crippen LogP contribution in [0.1, 0.15) is 18.4 Å². The molecule has 1 saturated heterocycles. The summed E-state index contributed by atoms with van der Waals surface area (Å²) in [7, 11) is 4.06. The van der Waals surface area contributed by atoms with Crippen molar-refractivity contribution in [1.82, 2.24) is 10.2 Å². The van der Waals surface area contributed by atoms with E-state index in [0.717, 1.165) is 31.5 Å². The van der Waals surface area contributed by atoms with E-state index in [9.17, 15) is 4.39 Å². The molecule has 2 nitrogen and oxygen atoms in total. The van der Waals surface area contributed by atoms with E-state index < -0.39 is 0 Å². The largest absolute Gasteiger partial charge is 0.307 e. The van der Waals surface area contributed by atoms with Crippen molar-refractivity contribution in [3.05, 3.63) is 35.6 Å². The number of hydrogen-bond donors (Lipinski definition) is 1. The molecule has 1 unspecified atom stereocenters. The van der Waals surface area contributed by atoms with Crippen LogP contribution in [0.5, 0.6) is 0 Å². The molecule has 0 radical (unpaired) electrons. The maximum atomic E-state index is 13.9. The molecule has 1 aliphatic heterocycles. The van der Waals surface area contributed by atoms with Gasteiger partial charge in [-0.25, -0.2) is 4.39 Å². The van der Waals surface area contributed by atoms with Crippen molar-refractivity contribution in [2.75, 3.05) is 27.2 Å². The molecule has 1 atom stereocenters. The normalized spacial score (nSPS) is 25.2. The number of benzene rings is 1. The predicted molar refractivity (Wildman–Crippen MR) is 63.9 cm³/mol. The van der Waals surface area contributed by atoms with Crippen molar-refractivity contribution < 1.29 is 4.39 Å². The highest BCUT2D eigenvalue weighted by Crippen LogP contribution is 2.32. The third-order valence-electron chi connectivity index (χ3n) is 3.22. The zero-order valence-corrected chi connectivity index (χ0v) is 9.96. The van der Waals surface area contributed by atoms with Gasteiger partial charge in [0.05, 0.1) is 5.54 Å². The van der Waals surface area contributed by atoms with Crippen LogP contribution in [0.15, 0.2) is 24.3 Å². The molecule has 1 aliphatic rings. The highest BCUT2D eigenvalue weighted by molar-refractivity contribution is 5.28. The third-order valence-corrected chi connectivity index (χ3v) is 3.22. The van der Waals surface area contributed by atoms with Crippen molar-refractivity contribution >= 4 is 0 Å². The molecular weight excluding hydrogens is 203 g/mol. The van der Waals surface area contributed by atoms with Crippen molar-refractivity contribution in [1.29, 1.82) is 0 Å². The first kappa shape index (κ1) is 11.6. The highest BCUT2D eigenvalue weighted by atomic mass is 19.1. The Kier molecular flexibility index (Phi) is 3.26. The van der Waals surface area contributed by atoms with Gasteiger partial charge in [-0.05, 0) is 39.5 Å². The van der Waals surface area contributed by atoms with Gasteiger partial charge in [0.1, 0.15) is 5.82 Å². The fourth-order valence-electron chi connectivity index (χ4n) is 2.65. The molecule has 1 aromatic carbocycles. The monoisotopic (exact) mass is 222 g/mol. The summed E-state index contributed by atoms with van der Waals surface area (Å²) >= 11 is 0. The molecule has 1 N–H and O–H groups in total. The number of rotatable bonds is 3. The second kappa shape index (κ2) is 4.52. The van der Waals surface area contributed by atoms with E-state index in [4.69, 9.17) is 0 Å². The van der Waals surface area contributed by atoms with E-state index in [-0.39, 0.29) is 11.4 Å². The van der Waals surface area contributed by atoms with Crippen LogP contribution in [0, 0.1) is 5.82 Å². The van der Waals surface area contributed by atoms with E-state index in [1.807, 2.05) is 26.2 Å². The lowest BCUT2D eigenvalue weighted by atomic mass is 9.87. The minimum atomic E-state index is -0.200. The minimum absolute atomic E-state index is 0.0984. The molecule has 1 heterocycles. The first-order chi connectivity index (χ1) is 7.64. The quantitative estimate of drug-likeness (QED) is 0.841. The van der Waals surface area contributed by atoms with Crippen molar-refractivity contribution in [2.45, 2.75) is 18.4 Å². The Morgan fingerprint density at radius 1 is 1.38 bits per heavy atom. The summed E-state index contributed by atoms with van der Waals surface area (Å²) < 4.78 is 13.9. The standard InChI is InChI=1S/C13H19FN2/c1-16(2)10-13(8-5-9-15-13)11-6-3-4-7-12(11)14/h3-4,6-7,15H,5,8-10H2,1-2H3. The fraction of sp³-hybridized carbons (Fsp3) is 0.538. The number of halogens is 1. The van der Waals surface area contributed by atoms with Crippen molar-refractivity contribution in [2.24, 2.45) is 0 Å². The van der Waals surface area contributed by atoms with Crippen LogP contribution in [0.25, 0.3) is 0 Å². The van der Waals surface area contributed by atoms with E-state index in [1.165, 1.54) is 0 Å². The van der Waals surface area contributed by atoms with Gasteiger partial charge in [0, 0.05) is 12.1 Å². The lowest BCUT2D eigenvalue weighted by Crippen LogP contribution is -2.45. The summed E-state index contributed by atoms with van der Waals surface area (Å²) in [5, 5.41) is 3.48. The van der Waals surface area contributed by atoms with Crippen molar-refractivity contribution in [3.8, 4) is 0 Å². The molecule has 0 spiro atoms. The average molecular weight is 222 g/mol. The predicted octanol–water partition coefficient (Wildman–Crippen LogP) is 1.97. The SMILES string of the molecule is CN(C)CC1(c2ccccc2F)CCCN1. The summed E-state index contributed by atoms with van der Waals surface area (Å²) in [6.45, 7) is 1.82. The molecule has 0 saturated carbocycles. The van der Waals surface area contributed by atoms with E-state index >= 15 is 0 Å². The zero-order valence-electron chi connectivity index (χ0n) is 9.96. The van der Waals surface area contributed by atoms with Crippen molar-refractivity contribution in [3.63, 3.8) is 0 Å². The Balaban J connectivity index is 2.36. The summed E-state index contributed by atoms with van der Waals surface area (Å²) in [5.74, 6) is -0.0984. The first-order valence-electron chi connectivity index (χ1n) is 5.79. The molecule has 1 aromatic rings. The van der Waals surface area contributed by atoms with Crippen LogP contribution in [0.2, 0.25) is 0 Å². The maximum absolute atomic E-state index is 13.9. The van der Waals surface area contributed by atoms with Gasteiger partial charge in [0.15, 0.2) is 0 Å². The average Bonchev–Trinajstić information content (AvgIpc) is 2.67. The molecule has 1 fully saturated rings. The lowest BCUT2D eigenvalue weighted by Gasteiger charge is -2.33. The molecule has 3 heteroatoms. The number of nitrogens with one attached hydrogen (secondary N) is 1. The van der Waals surface area contributed by atoms with Gasteiger partial charge in [-0.2, -0.15) is 0 Å². The van der Waals surface area contributed by atoms with Crippen LogP contribution < -0.4 is 5.32 Å². The fourth-order valence-corrected chi connectivity index (χ4v) is 2.65. The molecule has 0 amide bonds. The van der Waals surface area contributed by atoms with Crippen LogP contribution in [0.3, 0.4) is 0 Å². The Labute approximate surface area is 96.5 Å². The van der Waals surface area contributed by atoms with Gasteiger partial charge < -0.3 is 10.2 Å².